The summed E-state index contributed by atoms with van der Waals surface area (Å²) in [6, 6.07) is 7.24. The molecule has 0 unspecified atom stereocenters. The van der Waals surface area contributed by atoms with Crippen LogP contribution < -0.4 is 11.1 Å². The zero-order valence-electron chi connectivity index (χ0n) is 10.9. The maximum absolute atomic E-state index is 11.6. The third-order valence-electron chi connectivity index (χ3n) is 2.36. The van der Waals surface area contributed by atoms with Gasteiger partial charge in [0, 0.05) is 17.3 Å². The number of nitrogens with one attached hydrogen (secondary N) is 1. The van der Waals surface area contributed by atoms with Crippen LogP contribution in [-0.2, 0) is 11.3 Å². The van der Waals surface area contributed by atoms with Crippen LogP contribution in [0.5, 0.6) is 0 Å². The van der Waals surface area contributed by atoms with E-state index in [0.29, 0.717) is 11.5 Å². The summed E-state index contributed by atoms with van der Waals surface area (Å²) in [5.74, 6) is 0.327. The van der Waals surface area contributed by atoms with Crippen molar-refractivity contribution in [3.8, 4) is 11.4 Å². The lowest BCUT2D eigenvalue weighted by Gasteiger charge is -2.06. The van der Waals surface area contributed by atoms with E-state index in [1.54, 1.807) is 12.1 Å². The number of hydrogen-bond donors (Lipinski definition) is 2. The molecule has 0 saturated heterocycles. The minimum absolute atomic E-state index is 0.0557. The Balaban J connectivity index is 2.07. The van der Waals surface area contributed by atoms with Gasteiger partial charge in [-0.05, 0) is 43.3 Å². The Kier molecular flexibility index (Phi) is 3.74. The summed E-state index contributed by atoms with van der Waals surface area (Å²) < 4.78 is 0. The SMILES string of the molecule is CC(C)NC(=O)Cn1nnc(-c2ccc(N)cc2)n1. The molecule has 0 aliphatic heterocycles. The summed E-state index contributed by atoms with van der Waals surface area (Å²) in [5.41, 5.74) is 7.09. The molecule has 0 spiro atoms. The van der Waals surface area contributed by atoms with E-state index in [4.69, 9.17) is 5.73 Å². The highest BCUT2D eigenvalue weighted by Gasteiger charge is 2.09. The van der Waals surface area contributed by atoms with Crippen LogP contribution in [-0.4, -0.2) is 32.2 Å². The Bertz CT molecular complexity index is 560. The van der Waals surface area contributed by atoms with Gasteiger partial charge < -0.3 is 11.1 Å². The largest absolute Gasteiger partial charge is 0.399 e. The van der Waals surface area contributed by atoms with Crippen molar-refractivity contribution >= 4 is 11.6 Å². The van der Waals surface area contributed by atoms with Gasteiger partial charge in [-0.3, -0.25) is 4.79 Å². The second-order valence-electron chi connectivity index (χ2n) is 4.49. The van der Waals surface area contributed by atoms with Crippen molar-refractivity contribution in [2.45, 2.75) is 26.4 Å². The van der Waals surface area contributed by atoms with Gasteiger partial charge in [-0.25, -0.2) is 0 Å². The number of carbonyl (C=O) groups excluding carboxylic acids is 1. The summed E-state index contributed by atoms with van der Waals surface area (Å²) in [6.07, 6.45) is 0. The molecule has 100 valence electrons. The van der Waals surface area contributed by atoms with Gasteiger partial charge >= 0.3 is 0 Å². The smallest absolute Gasteiger partial charge is 0.243 e. The Hall–Kier alpha value is -2.44. The van der Waals surface area contributed by atoms with Gasteiger partial charge in [0.2, 0.25) is 11.7 Å². The van der Waals surface area contributed by atoms with Crippen LogP contribution in [0.1, 0.15) is 13.8 Å². The quantitative estimate of drug-likeness (QED) is 0.777. The van der Waals surface area contributed by atoms with Crippen molar-refractivity contribution in [3.05, 3.63) is 24.3 Å². The first-order chi connectivity index (χ1) is 9.04. The van der Waals surface area contributed by atoms with Crippen molar-refractivity contribution in [1.29, 1.82) is 0 Å². The van der Waals surface area contributed by atoms with Crippen molar-refractivity contribution in [2.24, 2.45) is 0 Å². The van der Waals surface area contributed by atoms with Crippen LogP contribution in [0.4, 0.5) is 5.69 Å². The normalized spacial score (nSPS) is 10.7. The minimum atomic E-state index is -0.142. The number of amides is 1. The van der Waals surface area contributed by atoms with Crippen LogP contribution in [0, 0.1) is 0 Å². The highest BCUT2D eigenvalue weighted by molar-refractivity contribution is 5.75. The van der Waals surface area contributed by atoms with Gasteiger partial charge in [0.25, 0.3) is 0 Å². The molecule has 0 aliphatic rings. The number of anilines is 1. The molecule has 7 heteroatoms. The van der Waals surface area contributed by atoms with E-state index in [2.05, 4.69) is 20.7 Å². The van der Waals surface area contributed by atoms with Crippen molar-refractivity contribution in [2.75, 3.05) is 5.73 Å². The summed E-state index contributed by atoms with van der Waals surface area (Å²) in [4.78, 5) is 12.8. The molecule has 0 saturated carbocycles. The standard InChI is InChI=1S/C12H16N6O/c1-8(2)14-11(19)7-18-16-12(15-17-18)9-3-5-10(13)6-4-9/h3-6,8H,7,13H2,1-2H3,(H,14,19). The van der Waals surface area contributed by atoms with E-state index in [1.165, 1.54) is 4.80 Å². The van der Waals surface area contributed by atoms with E-state index in [9.17, 15) is 4.79 Å². The highest BCUT2D eigenvalue weighted by atomic mass is 16.2. The molecule has 1 amide bonds. The lowest BCUT2D eigenvalue weighted by atomic mass is 10.2. The Labute approximate surface area is 110 Å². The number of carbonyl (C=O) groups is 1. The molecule has 0 radical (unpaired) electrons. The van der Waals surface area contributed by atoms with E-state index in [-0.39, 0.29) is 18.5 Å². The monoisotopic (exact) mass is 260 g/mol. The number of nitrogens with two attached hydrogens (primary N) is 1. The summed E-state index contributed by atoms with van der Waals surface area (Å²) in [6.45, 7) is 3.85. The van der Waals surface area contributed by atoms with Crippen LogP contribution in [0.2, 0.25) is 0 Å². The van der Waals surface area contributed by atoms with E-state index in [1.807, 2.05) is 26.0 Å². The Morgan fingerprint density at radius 3 is 2.68 bits per heavy atom. The summed E-state index contributed by atoms with van der Waals surface area (Å²) in [5, 5.41) is 14.7. The minimum Gasteiger partial charge on any atom is -0.399 e. The molecule has 0 bridgehead atoms. The van der Waals surface area contributed by atoms with Gasteiger partial charge in [0.1, 0.15) is 6.54 Å². The molecular weight excluding hydrogens is 244 g/mol. The molecule has 1 aromatic carbocycles. The van der Waals surface area contributed by atoms with Crippen molar-refractivity contribution in [3.63, 3.8) is 0 Å². The van der Waals surface area contributed by atoms with Crippen LogP contribution in [0.15, 0.2) is 24.3 Å². The molecule has 0 atom stereocenters. The molecule has 2 aromatic rings. The lowest BCUT2D eigenvalue weighted by molar-refractivity contribution is -0.122. The number of nitrogens with zero attached hydrogens (tertiary/aromatic N) is 4. The summed E-state index contributed by atoms with van der Waals surface area (Å²) >= 11 is 0. The molecule has 3 N–H and O–H groups in total. The fourth-order valence-electron chi connectivity index (χ4n) is 1.55. The fourth-order valence-corrected chi connectivity index (χ4v) is 1.55. The molecule has 0 aliphatic carbocycles. The van der Waals surface area contributed by atoms with E-state index in [0.717, 1.165) is 5.56 Å². The Morgan fingerprint density at radius 1 is 1.37 bits per heavy atom. The van der Waals surface area contributed by atoms with Crippen LogP contribution in [0.3, 0.4) is 0 Å². The van der Waals surface area contributed by atoms with Crippen LogP contribution in [0.25, 0.3) is 11.4 Å². The maximum atomic E-state index is 11.6. The predicted molar refractivity (Wildman–Crippen MR) is 70.9 cm³/mol. The topological polar surface area (TPSA) is 98.7 Å². The third-order valence-corrected chi connectivity index (χ3v) is 2.36. The number of hydrogen-bond acceptors (Lipinski definition) is 5. The molecule has 0 fully saturated rings. The number of rotatable bonds is 4. The zero-order valence-corrected chi connectivity index (χ0v) is 10.9. The second-order valence-corrected chi connectivity index (χ2v) is 4.49. The molecule has 7 nitrogen and oxygen atoms in total. The summed E-state index contributed by atoms with van der Waals surface area (Å²) in [7, 11) is 0. The number of nitrogen functional groups attached to an aromatic ring is 1. The van der Waals surface area contributed by atoms with Gasteiger partial charge in [-0.2, -0.15) is 4.80 Å². The average molecular weight is 260 g/mol. The number of tetrazole rings is 1. The molecule has 1 heterocycles. The van der Waals surface area contributed by atoms with Gasteiger partial charge in [-0.1, -0.05) is 0 Å². The fraction of sp³-hybridized carbons (Fsp3) is 0.333. The molecule has 19 heavy (non-hydrogen) atoms. The first-order valence-corrected chi connectivity index (χ1v) is 5.97. The van der Waals surface area contributed by atoms with E-state index >= 15 is 0 Å². The second kappa shape index (κ2) is 5.47. The first-order valence-electron chi connectivity index (χ1n) is 5.97. The average Bonchev–Trinajstić information content (AvgIpc) is 2.77. The van der Waals surface area contributed by atoms with Crippen molar-refractivity contribution in [1.82, 2.24) is 25.5 Å². The Morgan fingerprint density at radius 2 is 2.05 bits per heavy atom. The number of aromatic nitrogens is 4. The maximum Gasteiger partial charge on any atom is 0.243 e. The number of benzene rings is 1. The molecule has 2 rings (SSSR count). The molecule has 1 aromatic heterocycles. The first kappa shape index (κ1) is 13.0. The van der Waals surface area contributed by atoms with Gasteiger partial charge in [0.05, 0.1) is 0 Å². The zero-order chi connectivity index (χ0) is 13.8. The third kappa shape index (κ3) is 3.51. The van der Waals surface area contributed by atoms with Gasteiger partial charge in [0.15, 0.2) is 0 Å². The van der Waals surface area contributed by atoms with E-state index < -0.39 is 0 Å². The predicted octanol–water partition coefficient (Wildman–Crippen LogP) is 0.447. The van der Waals surface area contributed by atoms with Crippen LogP contribution >= 0.6 is 0 Å². The lowest BCUT2D eigenvalue weighted by Crippen LogP contribution is -2.33. The van der Waals surface area contributed by atoms with Crippen molar-refractivity contribution < 1.29 is 4.79 Å². The highest BCUT2D eigenvalue weighted by Crippen LogP contribution is 2.14. The molecular formula is C12H16N6O. The van der Waals surface area contributed by atoms with Gasteiger partial charge in [-0.15, -0.1) is 10.2 Å².